The molecule has 1 aromatic rings. The average molecular weight is 433 g/mol. The number of urea groups is 1. The van der Waals surface area contributed by atoms with E-state index in [0.717, 1.165) is 17.7 Å². The summed E-state index contributed by atoms with van der Waals surface area (Å²) in [6.07, 6.45) is 1.55. The number of likely N-dealkylation sites (N-methyl/N-ethyl adjacent to an activating group) is 1. The Morgan fingerprint density at radius 2 is 1.80 bits per heavy atom. The van der Waals surface area contributed by atoms with E-state index in [1.807, 2.05) is 0 Å². The second-order valence-corrected chi connectivity index (χ2v) is 9.11. The van der Waals surface area contributed by atoms with Crippen molar-refractivity contribution in [2.24, 2.45) is 5.41 Å². The van der Waals surface area contributed by atoms with Crippen LogP contribution in [0.2, 0.25) is 0 Å². The Morgan fingerprint density at radius 1 is 1.13 bits per heavy atom. The molecule has 3 fully saturated rings. The summed E-state index contributed by atoms with van der Waals surface area (Å²) < 4.78 is 0. The number of thiazole rings is 1. The molecule has 0 saturated carbocycles. The maximum atomic E-state index is 12.6. The fourth-order valence-corrected chi connectivity index (χ4v) is 4.89. The zero-order valence-electron chi connectivity index (χ0n) is 16.9. The molecule has 160 valence electrons. The van der Waals surface area contributed by atoms with E-state index in [0.29, 0.717) is 36.9 Å². The van der Waals surface area contributed by atoms with Crippen molar-refractivity contribution in [2.45, 2.75) is 19.8 Å². The lowest BCUT2D eigenvalue weighted by Crippen LogP contribution is -2.63. The van der Waals surface area contributed by atoms with Crippen molar-refractivity contribution in [2.75, 3.05) is 46.3 Å². The molecule has 5 amide bonds. The molecular weight excluding hydrogens is 410 g/mol. The van der Waals surface area contributed by atoms with E-state index in [9.17, 15) is 24.0 Å². The molecule has 10 nitrogen and oxygen atoms in total. The van der Waals surface area contributed by atoms with Gasteiger partial charge < -0.3 is 14.7 Å². The normalized spacial score (nSPS) is 20.7. The first kappa shape index (κ1) is 20.5. The third-order valence-electron chi connectivity index (χ3n) is 6.07. The van der Waals surface area contributed by atoms with Crippen molar-refractivity contribution in [3.8, 4) is 0 Å². The minimum Gasteiger partial charge on any atom is -0.340 e. The van der Waals surface area contributed by atoms with E-state index in [1.165, 1.54) is 30.2 Å². The van der Waals surface area contributed by atoms with Crippen LogP contribution in [0, 0.1) is 5.41 Å². The summed E-state index contributed by atoms with van der Waals surface area (Å²) in [4.78, 5) is 70.1. The number of rotatable bonds is 4. The molecule has 1 spiro atoms. The fourth-order valence-electron chi connectivity index (χ4n) is 4.20. The van der Waals surface area contributed by atoms with Crippen LogP contribution >= 0.6 is 11.3 Å². The first-order chi connectivity index (χ1) is 14.2. The molecule has 3 aliphatic heterocycles. The van der Waals surface area contributed by atoms with Crippen LogP contribution in [0.25, 0.3) is 0 Å². The molecule has 0 radical (unpaired) electrons. The Balaban J connectivity index is 1.27. The van der Waals surface area contributed by atoms with E-state index in [2.05, 4.69) is 4.98 Å². The van der Waals surface area contributed by atoms with Gasteiger partial charge in [0.1, 0.15) is 18.8 Å². The predicted molar refractivity (Wildman–Crippen MR) is 106 cm³/mol. The standard InChI is InChI=1S/C19H23N5O5S/c1-12(25)16-20-13(9-30-16)17(28)22-5-3-19(4-6-22)10-23(11-19)14(26)8-24-15(27)7-21(2)18(24)29/h9H,3-8,10-11H2,1-2H3. The Labute approximate surface area is 177 Å². The highest BCUT2D eigenvalue weighted by Gasteiger charge is 2.48. The van der Waals surface area contributed by atoms with Gasteiger partial charge in [0.15, 0.2) is 10.8 Å². The molecule has 0 N–H and O–H groups in total. The third kappa shape index (κ3) is 3.57. The van der Waals surface area contributed by atoms with Crippen LogP contribution in [0.5, 0.6) is 0 Å². The number of carbonyl (C=O) groups is 5. The fraction of sp³-hybridized carbons (Fsp3) is 0.579. The molecule has 3 saturated heterocycles. The monoisotopic (exact) mass is 433 g/mol. The van der Waals surface area contributed by atoms with Gasteiger partial charge in [0.25, 0.3) is 11.8 Å². The summed E-state index contributed by atoms with van der Waals surface area (Å²) in [5.74, 6) is -0.904. The number of Topliss-reactive ketones (excluding diaryl/α,β-unsaturated/α-hetero) is 1. The lowest BCUT2D eigenvalue weighted by Gasteiger charge is -2.54. The molecule has 11 heteroatoms. The number of amides is 5. The molecule has 1 aromatic heterocycles. The van der Waals surface area contributed by atoms with Crippen molar-refractivity contribution in [3.63, 3.8) is 0 Å². The smallest absolute Gasteiger partial charge is 0.327 e. The van der Waals surface area contributed by atoms with Crippen LogP contribution < -0.4 is 0 Å². The SMILES string of the molecule is CC(=O)c1nc(C(=O)N2CCC3(CC2)CN(C(=O)CN2C(=O)CN(C)C2=O)C3)cs1. The minimum absolute atomic E-state index is 0.00676. The quantitative estimate of drug-likeness (QED) is 0.499. The second-order valence-electron chi connectivity index (χ2n) is 8.25. The summed E-state index contributed by atoms with van der Waals surface area (Å²) in [5, 5.41) is 1.95. The van der Waals surface area contributed by atoms with E-state index in [4.69, 9.17) is 0 Å². The average Bonchev–Trinajstić information content (AvgIpc) is 3.27. The van der Waals surface area contributed by atoms with Crippen LogP contribution in [0.1, 0.15) is 40.1 Å². The van der Waals surface area contributed by atoms with Crippen LogP contribution in [-0.2, 0) is 9.59 Å². The number of piperidine rings is 1. The zero-order chi connectivity index (χ0) is 21.6. The zero-order valence-corrected chi connectivity index (χ0v) is 17.7. The molecule has 3 aliphatic rings. The second kappa shape index (κ2) is 7.46. The van der Waals surface area contributed by atoms with E-state index < -0.39 is 6.03 Å². The Kier molecular flexibility index (Phi) is 5.08. The molecule has 0 unspecified atom stereocenters. The number of carbonyl (C=O) groups excluding carboxylic acids is 5. The van der Waals surface area contributed by atoms with Crippen molar-refractivity contribution >= 4 is 40.9 Å². The summed E-state index contributed by atoms with van der Waals surface area (Å²) in [7, 11) is 1.53. The number of hydrogen-bond acceptors (Lipinski definition) is 7. The van der Waals surface area contributed by atoms with Gasteiger partial charge in [-0.15, -0.1) is 11.3 Å². The van der Waals surface area contributed by atoms with Gasteiger partial charge in [0.2, 0.25) is 5.91 Å². The van der Waals surface area contributed by atoms with Crippen LogP contribution in [0.3, 0.4) is 0 Å². The lowest BCUT2D eigenvalue weighted by molar-refractivity contribution is -0.148. The van der Waals surface area contributed by atoms with Crippen molar-refractivity contribution < 1.29 is 24.0 Å². The van der Waals surface area contributed by atoms with Gasteiger partial charge in [-0.2, -0.15) is 0 Å². The third-order valence-corrected chi connectivity index (χ3v) is 7.01. The van der Waals surface area contributed by atoms with E-state index >= 15 is 0 Å². The van der Waals surface area contributed by atoms with Gasteiger partial charge in [-0.25, -0.2) is 9.78 Å². The molecule has 0 aliphatic carbocycles. The van der Waals surface area contributed by atoms with Gasteiger partial charge in [-0.05, 0) is 12.8 Å². The van der Waals surface area contributed by atoms with E-state index in [1.54, 1.807) is 15.2 Å². The maximum absolute atomic E-state index is 12.6. The van der Waals surface area contributed by atoms with Crippen molar-refractivity contribution in [3.05, 3.63) is 16.1 Å². The van der Waals surface area contributed by atoms with Gasteiger partial charge in [0.05, 0.1) is 0 Å². The van der Waals surface area contributed by atoms with Crippen molar-refractivity contribution in [1.29, 1.82) is 0 Å². The molecule has 4 rings (SSSR count). The Hall–Kier alpha value is -2.82. The molecule has 30 heavy (non-hydrogen) atoms. The number of ketones is 1. The Bertz CT molecular complexity index is 927. The Morgan fingerprint density at radius 3 is 2.33 bits per heavy atom. The maximum Gasteiger partial charge on any atom is 0.327 e. The number of hydrogen-bond donors (Lipinski definition) is 0. The topological polar surface area (TPSA) is 111 Å². The summed E-state index contributed by atoms with van der Waals surface area (Å²) in [5.41, 5.74) is 0.283. The largest absolute Gasteiger partial charge is 0.340 e. The van der Waals surface area contributed by atoms with E-state index in [-0.39, 0.29) is 42.0 Å². The highest BCUT2D eigenvalue weighted by atomic mass is 32.1. The van der Waals surface area contributed by atoms with Gasteiger partial charge in [0, 0.05) is 50.9 Å². The van der Waals surface area contributed by atoms with Gasteiger partial charge in [-0.3, -0.25) is 24.1 Å². The van der Waals surface area contributed by atoms with Crippen LogP contribution in [0.15, 0.2) is 5.38 Å². The molecule has 0 atom stereocenters. The minimum atomic E-state index is -0.439. The summed E-state index contributed by atoms with van der Waals surface area (Å²) in [6, 6.07) is -0.439. The number of aromatic nitrogens is 1. The van der Waals surface area contributed by atoms with Crippen LogP contribution in [-0.4, -0.2) is 100 Å². The summed E-state index contributed by atoms with van der Waals surface area (Å²) in [6.45, 7) is 3.51. The number of imide groups is 1. The molecular formula is C19H23N5O5S. The van der Waals surface area contributed by atoms with Crippen molar-refractivity contribution in [1.82, 2.24) is 24.6 Å². The highest BCUT2D eigenvalue weighted by molar-refractivity contribution is 7.11. The van der Waals surface area contributed by atoms with Crippen LogP contribution in [0.4, 0.5) is 4.79 Å². The summed E-state index contributed by atoms with van der Waals surface area (Å²) >= 11 is 1.17. The highest BCUT2D eigenvalue weighted by Crippen LogP contribution is 2.40. The lowest BCUT2D eigenvalue weighted by atomic mass is 9.72. The molecule has 0 bridgehead atoms. The predicted octanol–water partition coefficient (Wildman–Crippen LogP) is 0.304. The first-order valence-electron chi connectivity index (χ1n) is 9.78. The van der Waals surface area contributed by atoms with Gasteiger partial charge >= 0.3 is 6.03 Å². The number of likely N-dealkylation sites (tertiary alicyclic amines) is 2. The molecule has 4 heterocycles. The van der Waals surface area contributed by atoms with Gasteiger partial charge in [-0.1, -0.05) is 0 Å². The number of nitrogens with zero attached hydrogens (tertiary/aromatic N) is 5. The first-order valence-corrected chi connectivity index (χ1v) is 10.7. The molecule has 0 aromatic carbocycles.